The summed E-state index contributed by atoms with van der Waals surface area (Å²) in [6, 6.07) is 0.961. The number of nitrogens with one attached hydrogen (secondary N) is 1. The lowest BCUT2D eigenvalue weighted by Crippen LogP contribution is -2.30. The van der Waals surface area contributed by atoms with Crippen molar-refractivity contribution in [3.8, 4) is 0 Å². The molecule has 0 bridgehead atoms. The first-order chi connectivity index (χ1) is 8.95. The molecule has 2 heterocycles. The highest BCUT2D eigenvalue weighted by molar-refractivity contribution is 7.08. The Morgan fingerprint density at radius 3 is 2.63 bits per heavy atom. The van der Waals surface area contributed by atoms with Gasteiger partial charge in [0.2, 0.25) is 0 Å². The number of hydrogen-bond acceptors (Lipinski definition) is 4. The molecule has 7 heteroatoms. The molecule has 2 aromatic rings. The van der Waals surface area contributed by atoms with Gasteiger partial charge in [0.05, 0.1) is 11.6 Å². The van der Waals surface area contributed by atoms with Gasteiger partial charge in [-0.25, -0.2) is 5.43 Å². The van der Waals surface area contributed by atoms with Gasteiger partial charge in [0.1, 0.15) is 0 Å². The van der Waals surface area contributed by atoms with Crippen molar-refractivity contribution in [2.45, 2.75) is 19.1 Å². The third kappa shape index (κ3) is 2.78. The van der Waals surface area contributed by atoms with E-state index in [0.29, 0.717) is 5.56 Å². The second-order valence-electron chi connectivity index (χ2n) is 4.07. The Labute approximate surface area is 112 Å². The van der Waals surface area contributed by atoms with E-state index in [-0.39, 0.29) is 5.56 Å². The zero-order chi connectivity index (χ0) is 14.0. The van der Waals surface area contributed by atoms with E-state index >= 15 is 0 Å². The van der Waals surface area contributed by atoms with Gasteiger partial charge in [0, 0.05) is 17.8 Å². The summed E-state index contributed by atoms with van der Waals surface area (Å²) in [5.41, 5.74) is 3.39. The minimum Gasteiger partial charge on any atom is -0.271 e. The van der Waals surface area contributed by atoms with Crippen molar-refractivity contribution in [2.24, 2.45) is 5.84 Å². The topological polar surface area (TPSA) is 50.9 Å². The van der Waals surface area contributed by atoms with Gasteiger partial charge in [0.25, 0.3) is 0 Å². The first kappa shape index (κ1) is 14.0. The number of alkyl halides is 3. The Kier molecular flexibility index (Phi) is 3.88. The molecule has 0 aromatic carbocycles. The minimum atomic E-state index is -4.38. The van der Waals surface area contributed by atoms with Gasteiger partial charge in [-0.3, -0.25) is 10.8 Å². The predicted octanol–water partition coefficient (Wildman–Crippen LogP) is 3.02. The van der Waals surface area contributed by atoms with E-state index < -0.39 is 17.8 Å². The smallest absolute Gasteiger partial charge is 0.271 e. The largest absolute Gasteiger partial charge is 0.417 e. The fourth-order valence-electron chi connectivity index (χ4n) is 1.92. The SMILES string of the molecule is Cc1cnccc1C(NN)c1cscc1C(F)(F)F. The fraction of sp³-hybridized carbons (Fsp3) is 0.250. The summed E-state index contributed by atoms with van der Waals surface area (Å²) in [7, 11) is 0. The van der Waals surface area contributed by atoms with Gasteiger partial charge in [-0.05, 0) is 35.1 Å². The van der Waals surface area contributed by atoms with Crippen LogP contribution in [0.1, 0.15) is 28.3 Å². The third-order valence-corrected chi connectivity index (χ3v) is 3.61. The molecule has 0 saturated heterocycles. The Bertz CT molecular complexity index is 565. The highest BCUT2D eigenvalue weighted by atomic mass is 32.1. The van der Waals surface area contributed by atoms with Crippen molar-refractivity contribution in [1.29, 1.82) is 0 Å². The molecule has 0 saturated carbocycles. The normalized spacial score (nSPS) is 13.5. The zero-order valence-electron chi connectivity index (χ0n) is 10.0. The Morgan fingerprint density at radius 1 is 1.32 bits per heavy atom. The maximum atomic E-state index is 12.9. The van der Waals surface area contributed by atoms with Crippen LogP contribution >= 0.6 is 11.3 Å². The van der Waals surface area contributed by atoms with E-state index in [1.165, 1.54) is 11.6 Å². The number of aryl methyl sites for hydroxylation is 1. The van der Waals surface area contributed by atoms with Crippen LogP contribution in [-0.4, -0.2) is 4.98 Å². The summed E-state index contributed by atoms with van der Waals surface area (Å²) in [6.07, 6.45) is -1.25. The Hall–Kier alpha value is -1.44. The molecule has 2 rings (SSSR count). The molecular weight excluding hydrogens is 275 g/mol. The molecule has 3 nitrogen and oxygen atoms in total. The number of aromatic nitrogens is 1. The maximum Gasteiger partial charge on any atom is 0.417 e. The standard InChI is InChI=1S/C12H12F3N3S/c1-7-4-17-3-2-8(7)11(18-16)9-5-19-6-10(9)12(13,14)15/h2-6,11,18H,16H2,1H3. The number of hydrogen-bond donors (Lipinski definition) is 2. The molecular formula is C12H12F3N3S. The van der Waals surface area contributed by atoms with Crippen LogP contribution in [0.3, 0.4) is 0 Å². The van der Waals surface area contributed by atoms with Gasteiger partial charge in [-0.1, -0.05) is 0 Å². The van der Waals surface area contributed by atoms with Crippen molar-refractivity contribution in [3.63, 3.8) is 0 Å². The van der Waals surface area contributed by atoms with Crippen LogP contribution in [0.4, 0.5) is 13.2 Å². The number of nitrogens with zero attached hydrogens (tertiary/aromatic N) is 1. The van der Waals surface area contributed by atoms with Crippen LogP contribution in [-0.2, 0) is 6.18 Å². The van der Waals surface area contributed by atoms with Gasteiger partial charge in [-0.2, -0.15) is 24.5 Å². The van der Waals surface area contributed by atoms with Crippen LogP contribution in [0.25, 0.3) is 0 Å². The molecule has 102 valence electrons. The average Bonchev–Trinajstić information content (AvgIpc) is 2.81. The number of rotatable bonds is 3. The molecule has 0 radical (unpaired) electrons. The van der Waals surface area contributed by atoms with Crippen LogP contribution in [0, 0.1) is 6.92 Å². The van der Waals surface area contributed by atoms with Crippen molar-refractivity contribution in [3.05, 3.63) is 51.5 Å². The molecule has 0 spiro atoms. The van der Waals surface area contributed by atoms with E-state index in [1.54, 1.807) is 19.2 Å². The van der Waals surface area contributed by atoms with Gasteiger partial charge < -0.3 is 0 Å². The van der Waals surface area contributed by atoms with Crippen LogP contribution in [0.2, 0.25) is 0 Å². The van der Waals surface area contributed by atoms with E-state index in [2.05, 4.69) is 10.4 Å². The average molecular weight is 287 g/mol. The Morgan fingerprint density at radius 2 is 2.05 bits per heavy atom. The number of thiophene rings is 1. The van der Waals surface area contributed by atoms with E-state index in [9.17, 15) is 13.2 Å². The maximum absolute atomic E-state index is 12.9. The minimum absolute atomic E-state index is 0.134. The molecule has 0 aliphatic carbocycles. The van der Waals surface area contributed by atoms with Gasteiger partial charge in [-0.15, -0.1) is 0 Å². The van der Waals surface area contributed by atoms with E-state index in [4.69, 9.17) is 5.84 Å². The monoisotopic (exact) mass is 287 g/mol. The lowest BCUT2D eigenvalue weighted by Gasteiger charge is -2.20. The summed E-state index contributed by atoms with van der Waals surface area (Å²) in [4.78, 5) is 3.93. The molecule has 0 aliphatic heterocycles. The fourth-order valence-corrected chi connectivity index (χ4v) is 2.80. The summed E-state index contributed by atoms with van der Waals surface area (Å²) >= 11 is 1.01. The molecule has 2 aromatic heterocycles. The summed E-state index contributed by atoms with van der Waals surface area (Å²) < 4.78 is 38.8. The quantitative estimate of drug-likeness (QED) is 0.674. The van der Waals surface area contributed by atoms with Crippen LogP contribution in [0.15, 0.2) is 29.2 Å². The number of halogens is 3. The van der Waals surface area contributed by atoms with Crippen LogP contribution < -0.4 is 11.3 Å². The molecule has 0 aliphatic rings. The zero-order valence-corrected chi connectivity index (χ0v) is 10.8. The lowest BCUT2D eigenvalue weighted by molar-refractivity contribution is -0.138. The Balaban J connectivity index is 2.50. The second-order valence-corrected chi connectivity index (χ2v) is 4.81. The van der Waals surface area contributed by atoms with Gasteiger partial charge >= 0.3 is 6.18 Å². The summed E-state index contributed by atoms with van der Waals surface area (Å²) in [5.74, 6) is 5.44. The highest BCUT2D eigenvalue weighted by Gasteiger charge is 2.36. The molecule has 0 amide bonds. The highest BCUT2D eigenvalue weighted by Crippen LogP contribution is 2.38. The van der Waals surface area contributed by atoms with E-state index in [0.717, 1.165) is 22.3 Å². The molecule has 1 atom stereocenters. The molecule has 1 unspecified atom stereocenters. The van der Waals surface area contributed by atoms with E-state index in [1.807, 2.05) is 0 Å². The summed E-state index contributed by atoms with van der Waals surface area (Å²) in [6.45, 7) is 1.78. The lowest BCUT2D eigenvalue weighted by atomic mass is 9.96. The van der Waals surface area contributed by atoms with Crippen molar-refractivity contribution >= 4 is 11.3 Å². The van der Waals surface area contributed by atoms with Gasteiger partial charge in [0.15, 0.2) is 0 Å². The number of pyridine rings is 1. The van der Waals surface area contributed by atoms with Crippen molar-refractivity contribution in [2.75, 3.05) is 0 Å². The summed E-state index contributed by atoms with van der Waals surface area (Å²) in [5, 5.41) is 2.56. The second kappa shape index (κ2) is 5.28. The molecule has 19 heavy (non-hydrogen) atoms. The predicted molar refractivity (Wildman–Crippen MR) is 67.5 cm³/mol. The number of nitrogens with two attached hydrogens (primary N) is 1. The first-order valence-corrected chi connectivity index (χ1v) is 6.39. The third-order valence-electron chi connectivity index (χ3n) is 2.85. The molecule has 3 N–H and O–H groups in total. The van der Waals surface area contributed by atoms with Crippen molar-refractivity contribution < 1.29 is 13.2 Å². The van der Waals surface area contributed by atoms with Crippen LogP contribution in [0.5, 0.6) is 0 Å². The first-order valence-electron chi connectivity index (χ1n) is 5.45. The molecule has 0 fully saturated rings. The number of hydrazine groups is 1. The van der Waals surface area contributed by atoms with Crippen molar-refractivity contribution in [1.82, 2.24) is 10.4 Å².